The van der Waals surface area contributed by atoms with E-state index in [2.05, 4.69) is 29.7 Å². The van der Waals surface area contributed by atoms with Crippen LogP contribution in [-0.4, -0.2) is 17.4 Å². The molecule has 2 heterocycles. The van der Waals surface area contributed by atoms with Gasteiger partial charge in [-0.1, -0.05) is 0 Å². The zero-order valence-electron chi connectivity index (χ0n) is 6.70. The van der Waals surface area contributed by atoms with Crippen molar-refractivity contribution in [3.8, 4) is 0 Å². The third-order valence-electron chi connectivity index (χ3n) is 1.93. The molecule has 0 spiro atoms. The summed E-state index contributed by atoms with van der Waals surface area (Å²) < 4.78 is 2.09. The van der Waals surface area contributed by atoms with Gasteiger partial charge in [0, 0.05) is 13.2 Å². The lowest BCUT2D eigenvalue weighted by Gasteiger charge is -1.92. The van der Waals surface area contributed by atoms with E-state index in [4.69, 9.17) is 0 Å². The highest BCUT2D eigenvalue weighted by Gasteiger charge is 2.00. The summed E-state index contributed by atoms with van der Waals surface area (Å²) in [4.78, 5) is 4.28. The molecule has 0 aliphatic carbocycles. The van der Waals surface area contributed by atoms with Crippen LogP contribution < -0.4 is 5.46 Å². The SMILES string of the molecule is Bc1cn(C)c2cccnc12. The molecule has 0 N–H and O–H groups in total. The predicted octanol–water partition coefficient (Wildman–Crippen LogP) is -0.168. The summed E-state index contributed by atoms with van der Waals surface area (Å²) in [5.74, 6) is 0. The Bertz CT molecular complexity index is 356. The lowest BCUT2D eigenvalue weighted by Crippen LogP contribution is -1.99. The molecule has 54 valence electrons. The van der Waals surface area contributed by atoms with Crippen LogP contribution in [0.3, 0.4) is 0 Å². The van der Waals surface area contributed by atoms with Crippen LogP contribution >= 0.6 is 0 Å². The Morgan fingerprint density at radius 2 is 2.36 bits per heavy atom. The number of hydrogen-bond donors (Lipinski definition) is 0. The van der Waals surface area contributed by atoms with Crippen molar-refractivity contribution in [1.29, 1.82) is 0 Å². The molecule has 0 amide bonds. The van der Waals surface area contributed by atoms with Gasteiger partial charge in [0.15, 0.2) is 0 Å². The number of aromatic nitrogens is 2. The second kappa shape index (κ2) is 2.12. The van der Waals surface area contributed by atoms with Crippen molar-refractivity contribution in [2.45, 2.75) is 0 Å². The fourth-order valence-corrected chi connectivity index (χ4v) is 1.41. The first-order valence-corrected chi connectivity index (χ1v) is 3.65. The number of rotatable bonds is 0. The van der Waals surface area contributed by atoms with E-state index < -0.39 is 0 Å². The van der Waals surface area contributed by atoms with Gasteiger partial charge in [0.25, 0.3) is 0 Å². The van der Waals surface area contributed by atoms with Crippen LogP contribution in [0.25, 0.3) is 11.0 Å². The number of aryl methyl sites for hydroxylation is 1. The van der Waals surface area contributed by atoms with Crippen LogP contribution in [0.2, 0.25) is 0 Å². The lowest BCUT2D eigenvalue weighted by atomic mass is 9.99. The molecule has 2 aromatic heterocycles. The van der Waals surface area contributed by atoms with Gasteiger partial charge in [-0.05, 0) is 23.8 Å². The van der Waals surface area contributed by atoms with Crippen molar-refractivity contribution in [1.82, 2.24) is 9.55 Å². The normalized spacial score (nSPS) is 10.6. The van der Waals surface area contributed by atoms with Gasteiger partial charge >= 0.3 is 0 Å². The van der Waals surface area contributed by atoms with E-state index in [1.807, 2.05) is 19.3 Å². The molecular weight excluding hydrogens is 135 g/mol. The molecule has 0 aromatic carbocycles. The lowest BCUT2D eigenvalue weighted by molar-refractivity contribution is 0.971. The van der Waals surface area contributed by atoms with Crippen molar-refractivity contribution < 1.29 is 0 Å². The summed E-state index contributed by atoms with van der Waals surface area (Å²) in [7, 11) is 4.12. The number of fused-ring (bicyclic) bond motifs is 1. The summed E-state index contributed by atoms with van der Waals surface area (Å²) in [6.07, 6.45) is 3.92. The maximum Gasteiger partial charge on any atom is 0.144 e. The molecule has 0 aliphatic rings. The van der Waals surface area contributed by atoms with Crippen molar-refractivity contribution in [3.05, 3.63) is 24.5 Å². The first-order chi connectivity index (χ1) is 5.29. The van der Waals surface area contributed by atoms with Gasteiger partial charge < -0.3 is 4.57 Å². The first kappa shape index (κ1) is 6.46. The van der Waals surface area contributed by atoms with Gasteiger partial charge in [-0.15, -0.1) is 0 Å². The molecule has 2 nitrogen and oxygen atoms in total. The molecule has 0 radical (unpaired) electrons. The Hall–Kier alpha value is -1.25. The Morgan fingerprint density at radius 1 is 1.55 bits per heavy atom. The molecule has 0 fully saturated rings. The summed E-state index contributed by atoms with van der Waals surface area (Å²) in [5, 5.41) is 0. The summed E-state index contributed by atoms with van der Waals surface area (Å²) in [6.45, 7) is 0. The van der Waals surface area contributed by atoms with Crippen molar-refractivity contribution in [3.63, 3.8) is 0 Å². The molecule has 0 saturated heterocycles. The van der Waals surface area contributed by atoms with Gasteiger partial charge in [0.1, 0.15) is 7.85 Å². The minimum atomic E-state index is 1.11. The molecule has 0 atom stereocenters. The first-order valence-electron chi connectivity index (χ1n) is 3.65. The van der Waals surface area contributed by atoms with Crippen LogP contribution in [0.4, 0.5) is 0 Å². The fraction of sp³-hybridized carbons (Fsp3) is 0.125. The molecule has 0 saturated carbocycles. The van der Waals surface area contributed by atoms with Crippen LogP contribution in [0, 0.1) is 0 Å². The molecule has 0 aliphatic heterocycles. The minimum Gasteiger partial charge on any atom is -0.350 e. The number of hydrogen-bond acceptors (Lipinski definition) is 1. The summed E-state index contributed by atoms with van der Waals surface area (Å²) >= 11 is 0. The van der Waals surface area contributed by atoms with E-state index in [1.54, 1.807) is 0 Å². The number of pyridine rings is 1. The molecule has 3 heteroatoms. The highest BCUT2D eigenvalue weighted by atomic mass is 14.9. The third kappa shape index (κ3) is 0.844. The monoisotopic (exact) mass is 144 g/mol. The summed E-state index contributed by atoms with van der Waals surface area (Å²) in [5.41, 5.74) is 3.54. The minimum absolute atomic E-state index is 1.11. The predicted molar refractivity (Wildman–Crippen MR) is 48.9 cm³/mol. The molecule has 0 unspecified atom stereocenters. The Labute approximate surface area is 66.3 Å². The second-order valence-corrected chi connectivity index (χ2v) is 2.79. The zero-order chi connectivity index (χ0) is 7.84. The molecule has 2 aromatic rings. The standard InChI is InChI=1S/C8H9BN2/c1-11-5-6(9)8-7(11)3-2-4-10-8/h2-5H,9H2,1H3. The van der Waals surface area contributed by atoms with Crippen LogP contribution in [0.5, 0.6) is 0 Å². The van der Waals surface area contributed by atoms with Gasteiger partial charge in [-0.2, -0.15) is 0 Å². The smallest absolute Gasteiger partial charge is 0.144 e. The molecule has 11 heavy (non-hydrogen) atoms. The van der Waals surface area contributed by atoms with E-state index in [1.165, 1.54) is 11.0 Å². The average molecular weight is 144 g/mol. The van der Waals surface area contributed by atoms with E-state index in [0.717, 1.165) is 5.52 Å². The van der Waals surface area contributed by atoms with Crippen LogP contribution in [0.15, 0.2) is 24.5 Å². The van der Waals surface area contributed by atoms with Crippen molar-refractivity contribution in [2.24, 2.45) is 7.05 Å². The van der Waals surface area contributed by atoms with Gasteiger partial charge in [0.05, 0.1) is 11.0 Å². The summed E-state index contributed by atoms with van der Waals surface area (Å²) in [6, 6.07) is 4.04. The van der Waals surface area contributed by atoms with Crippen LogP contribution in [0.1, 0.15) is 0 Å². The van der Waals surface area contributed by atoms with E-state index in [-0.39, 0.29) is 0 Å². The average Bonchev–Trinajstić information content (AvgIpc) is 2.30. The Balaban J connectivity index is 2.95. The van der Waals surface area contributed by atoms with Crippen molar-refractivity contribution in [2.75, 3.05) is 0 Å². The fourth-order valence-electron chi connectivity index (χ4n) is 1.41. The highest BCUT2D eigenvalue weighted by molar-refractivity contribution is 6.38. The van der Waals surface area contributed by atoms with Gasteiger partial charge in [-0.3, -0.25) is 4.98 Å². The largest absolute Gasteiger partial charge is 0.350 e. The van der Waals surface area contributed by atoms with Gasteiger partial charge in [0.2, 0.25) is 0 Å². The van der Waals surface area contributed by atoms with E-state index in [9.17, 15) is 0 Å². The Morgan fingerprint density at radius 3 is 3.09 bits per heavy atom. The maximum absolute atomic E-state index is 4.28. The maximum atomic E-state index is 4.28. The highest BCUT2D eigenvalue weighted by Crippen LogP contribution is 2.06. The van der Waals surface area contributed by atoms with Gasteiger partial charge in [-0.25, -0.2) is 0 Å². The Kier molecular flexibility index (Phi) is 1.25. The van der Waals surface area contributed by atoms with E-state index >= 15 is 0 Å². The zero-order valence-corrected chi connectivity index (χ0v) is 6.70. The topological polar surface area (TPSA) is 17.8 Å². The second-order valence-electron chi connectivity index (χ2n) is 2.79. The molecule has 2 rings (SSSR count). The molecular formula is C8H9BN2. The quantitative estimate of drug-likeness (QED) is 0.469. The third-order valence-corrected chi connectivity index (χ3v) is 1.93. The van der Waals surface area contributed by atoms with E-state index in [0.29, 0.717) is 0 Å². The van der Waals surface area contributed by atoms with Crippen molar-refractivity contribution >= 4 is 24.3 Å². The number of nitrogens with zero attached hydrogens (tertiary/aromatic N) is 2. The van der Waals surface area contributed by atoms with Crippen LogP contribution in [-0.2, 0) is 7.05 Å². The molecule has 0 bridgehead atoms.